The minimum atomic E-state index is -1.07. The third-order valence-corrected chi connectivity index (χ3v) is 5.70. The zero-order valence-corrected chi connectivity index (χ0v) is 17.0. The lowest BCUT2D eigenvalue weighted by Crippen LogP contribution is -2.25. The molecule has 3 rings (SSSR count). The standard InChI is InChI=1S/C20H18N2O6S/c1-9-17(11(3)23)10(2)21-18(9)19(24)12(4)28-20(25)16-8-13-7-14(22(26)27)5-6-15(13)29-16/h5-8,12,21H,1-4H3/t12-/m1/s1. The number of nitrogens with zero attached hydrogens (tertiary/aromatic N) is 1. The first-order valence-corrected chi connectivity index (χ1v) is 9.55. The van der Waals surface area contributed by atoms with Gasteiger partial charge in [0.25, 0.3) is 5.69 Å². The highest BCUT2D eigenvalue weighted by Gasteiger charge is 2.27. The van der Waals surface area contributed by atoms with E-state index in [1.165, 1.54) is 32.0 Å². The Morgan fingerprint density at radius 2 is 1.90 bits per heavy atom. The van der Waals surface area contributed by atoms with Gasteiger partial charge in [0.15, 0.2) is 11.9 Å². The molecular formula is C20H18N2O6S. The van der Waals surface area contributed by atoms with Crippen molar-refractivity contribution in [2.75, 3.05) is 0 Å². The molecule has 3 aromatic rings. The third-order valence-electron chi connectivity index (χ3n) is 4.60. The van der Waals surface area contributed by atoms with Crippen LogP contribution >= 0.6 is 11.3 Å². The lowest BCUT2D eigenvalue weighted by molar-refractivity contribution is -0.384. The molecule has 0 aliphatic heterocycles. The zero-order valence-electron chi connectivity index (χ0n) is 16.2. The van der Waals surface area contributed by atoms with Crippen LogP contribution in [0.1, 0.15) is 55.6 Å². The second-order valence-electron chi connectivity index (χ2n) is 6.68. The van der Waals surface area contributed by atoms with Crippen LogP contribution in [-0.2, 0) is 4.74 Å². The van der Waals surface area contributed by atoms with Crippen molar-refractivity contribution in [2.45, 2.75) is 33.8 Å². The lowest BCUT2D eigenvalue weighted by atomic mass is 10.0. The smallest absolute Gasteiger partial charge is 0.349 e. The molecule has 29 heavy (non-hydrogen) atoms. The molecule has 0 fully saturated rings. The summed E-state index contributed by atoms with van der Waals surface area (Å²) >= 11 is 1.13. The predicted octanol–water partition coefficient (Wildman–Crippen LogP) is 4.39. The zero-order chi connectivity index (χ0) is 21.5. The van der Waals surface area contributed by atoms with Crippen LogP contribution in [0.5, 0.6) is 0 Å². The topological polar surface area (TPSA) is 119 Å². The number of aromatic nitrogens is 1. The van der Waals surface area contributed by atoms with Gasteiger partial charge in [-0.05, 0) is 45.4 Å². The van der Waals surface area contributed by atoms with Gasteiger partial charge >= 0.3 is 5.97 Å². The molecule has 0 amide bonds. The van der Waals surface area contributed by atoms with Crippen molar-refractivity contribution in [3.8, 4) is 0 Å². The van der Waals surface area contributed by atoms with Crippen molar-refractivity contribution >= 4 is 44.6 Å². The number of aromatic amines is 1. The van der Waals surface area contributed by atoms with Crippen LogP contribution in [0.2, 0.25) is 0 Å². The fraction of sp³-hybridized carbons (Fsp3) is 0.250. The summed E-state index contributed by atoms with van der Waals surface area (Å²) in [5, 5.41) is 11.4. The number of Topliss-reactive ketones (excluding diaryl/α,β-unsaturated/α-hetero) is 2. The van der Waals surface area contributed by atoms with Crippen molar-refractivity contribution in [1.82, 2.24) is 4.98 Å². The van der Waals surface area contributed by atoms with E-state index in [9.17, 15) is 24.5 Å². The Labute approximate surface area is 169 Å². The molecule has 0 spiro atoms. The number of carbonyl (C=O) groups is 3. The fourth-order valence-corrected chi connectivity index (χ4v) is 4.17. The number of rotatable bonds is 6. The molecule has 1 atom stereocenters. The molecule has 9 heteroatoms. The van der Waals surface area contributed by atoms with Gasteiger partial charge in [-0.2, -0.15) is 0 Å². The first kappa shape index (κ1) is 20.4. The molecule has 150 valence electrons. The first-order valence-electron chi connectivity index (χ1n) is 8.73. The number of nitro benzene ring substituents is 1. The van der Waals surface area contributed by atoms with Gasteiger partial charge in [-0.15, -0.1) is 11.3 Å². The molecule has 0 aliphatic rings. The highest BCUT2D eigenvalue weighted by atomic mass is 32.1. The summed E-state index contributed by atoms with van der Waals surface area (Å²) in [4.78, 5) is 50.5. The van der Waals surface area contributed by atoms with Gasteiger partial charge in [-0.1, -0.05) is 0 Å². The maximum Gasteiger partial charge on any atom is 0.349 e. The number of non-ortho nitro benzene ring substituents is 1. The largest absolute Gasteiger partial charge is 0.450 e. The quantitative estimate of drug-likeness (QED) is 0.277. The van der Waals surface area contributed by atoms with Crippen LogP contribution in [0.15, 0.2) is 24.3 Å². The number of ketones is 2. The number of carbonyl (C=O) groups excluding carboxylic acids is 3. The van der Waals surface area contributed by atoms with Crippen LogP contribution in [0.4, 0.5) is 5.69 Å². The number of H-pyrrole nitrogens is 1. The average Bonchev–Trinajstić information content (AvgIpc) is 3.20. The third kappa shape index (κ3) is 3.81. The fourth-order valence-electron chi connectivity index (χ4n) is 3.24. The van der Waals surface area contributed by atoms with E-state index in [0.29, 0.717) is 26.9 Å². The van der Waals surface area contributed by atoms with Crippen molar-refractivity contribution in [3.05, 3.63) is 61.8 Å². The average molecular weight is 414 g/mol. The molecule has 8 nitrogen and oxygen atoms in total. The number of nitro groups is 1. The Morgan fingerprint density at radius 1 is 1.21 bits per heavy atom. The Morgan fingerprint density at radius 3 is 2.48 bits per heavy atom. The number of benzene rings is 1. The number of esters is 1. The summed E-state index contributed by atoms with van der Waals surface area (Å²) in [6.07, 6.45) is -1.07. The molecule has 0 radical (unpaired) electrons. The Hall–Kier alpha value is -3.33. The van der Waals surface area contributed by atoms with Gasteiger partial charge in [0, 0.05) is 33.5 Å². The SMILES string of the molecule is CC(=O)c1c(C)[nH]c(C(=O)[C@@H](C)OC(=O)c2cc3cc([N+](=O)[O-])ccc3s2)c1C. The van der Waals surface area contributed by atoms with E-state index in [2.05, 4.69) is 4.98 Å². The van der Waals surface area contributed by atoms with Crippen molar-refractivity contribution in [3.63, 3.8) is 0 Å². The van der Waals surface area contributed by atoms with Crippen LogP contribution in [0, 0.1) is 24.0 Å². The summed E-state index contributed by atoms with van der Waals surface area (Å²) in [6.45, 7) is 6.25. The second kappa shape index (κ2) is 7.59. The molecule has 0 saturated carbocycles. The summed E-state index contributed by atoms with van der Waals surface area (Å²) in [7, 11) is 0. The van der Waals surface area contributed by atoms with Crippen molar-refractivity contribution < 1.29 is 24.0 Å². The van der Waals surface area contributed by atoms with Gasteiger partial charge in [-0.25, -0.2) is 4.79 Å². The molecule has 1 N–H and O–H groups in total. The maximum atomic E-state index is 12.7. The summed E-state index contributed by atoms with van der Waals surface area (Å²) < 4.78 is 6.01. The minimum Gasteiger partial charge on any atom is -0.450 e. The van der Waals surface area contributed by atoms with Crippen LogP contribution < -0.4 is 0 Å². The molecule has 0 aliphatic carbocycles. The van der Waals surface area contributed by atoms with E-state index in [0.717, 1.165) is 11.3 Å². The molecule has 0 saturated heterocycles. The maximum absolute atomic E-state index is 12.7. The number of hydrogen-bond acceptors (Lipinski definition) is 7. The molecule has 2 heterocycles. The molecule has 0 bridgehead atoms. The highest BCUT2D eigenvalue weighted by molar-refractivity contribution is 7.20. The lowest BCUT2D eigenvalue weighted by Gasteiger charge is -2.11. The summed E-state index contributed by atoms with van der Waals surface area (Å²) in [5.74, 6) is -1.29. The first-order chi connectivity index (χ1) is 13.6. The van der Waals surface area contributed by atoms with Crippen molar-refractivity contribution in [2.24, 2.45) is 0 Å². The van der Waals surface area contributed by atoms with Gasteiger partial charge in [0.1, 0.15) is 4.88 Å². The minimum absolute atomic E-state index is 0.0716. The molecule has 1 aromatic carbocycles. The predicted molar refractivity (Wildman–Crippen MR) is 108 cm³/mol. The molecular weight excluding hydrogens is 396 g/mol. The normalized spacial score (nSPS) is 12.0. The summed E-state index contributed by atoms with van der Waals surface area (Å²) in [6, 6.07) is 5.82. The van der Waals surface area contributed by atoms with Gasteiger partial charge in [-0.3, -0.25) is 19.7 Å². The number of aryl methyl sites for hydroxylation is 1. The molecule has 2 aromatic heterocycles. The van der Waals surface area contributed by atoms with Gasteiger partial charge < -0.3 is 9.72 Å². The number of nitrogens with one attached hydrogen (secondary N) is 1. The number of fused-ring (bicyclic) bond motifs is 1. The van der Waals surface area contributed by atoms with E-state index >= 15 is 0 Å². The van der Waals surface area contributed by atoms with Gasteiger partial charge in [0.05, 0.1) is 10.6 Å². The Balaban J connectivity index is 1.81. The number of thiophene rings is 1. The van der Waals surface area contributed by atoms with Crippen LogP contribution in [-0.4, -0.2) is 33.5 Å². The monoisotopic (exact) mass is 414 g/mol. The van der Waals surface area contributed by atoms with E-state index in [4.69, 9.17) is 4.74 Å². The van der Waals surface area contributed by atoms with Crippen LogP contribution in [0.3, 0.4) is 0 Å². The van der Waals surface area contributed by atoms with E-state index in [1.807, 2.05) is 0 Å². The second-order valence-corrected chi connectivity index (χ2v) is 7.77. The number of hydrogen-bond donors (Lipinski definition) is 1. The van der Waals surface area contributed by atoms with E-state index in [1.54, 1.807) is 19.9 Å². The molecule has 0 unspecified atom stereocenters. The van der Waals surface area contributed by atoms with E-state index in [-0.39, 0.29) is 22.0 Å². The van der Waals surface area contributed by atoms with Crippen molar-refractivity contribution in [1.29, 1.82) is 0 Å². The Bertz CT molecular complexity index is 1170. The highest BCUT2D eigenvalue weighted by Crippen LogP contribution is 2.30. The van der Waals surface area contributed by atoms with Gasteiger partial charge in [0.2, 0.25) is 5.78 Å². The van der Waals surface area contributed by atoms with E-state index < -0.39 is 22.8 Å². The summed E-state index contributed by atoms with van der Waals surface area (Å²) in [5.41, 5.74) is 1.73. The number of ether oxygens (including phenoxy) is 1. The Kier molecular flexibility index (Phi) is 5.34. The van der Waals surface area contributed by atoms with Crippen LogP contribution in [0.25, 0.3) is 10.1 Å².